The van der Waals surface area contributed by atoms with E-state index in [2.05, 4.69) is 10.6 Å². The zero-order chi connectivity index (χ0) is 17.4. The lowest BCUT2D eigenvalue weighted by Gasteiger charge is -2.16. The van der Waals surface area contributed by atoms with Gasteiger partial charge in [0.1, 0.15) is 11.9 Å². The van der Waals surface area contributed by atoms with Gasteiger partial charge in [-0.05, 0) is 36.6 Å². The fraction of sp³-hybridized carbons (Fsp3) is 0.438. The van der Waals surface area contributed by atoms with Crippen LogP contribution in [-0.4, -0.2) is 35.5 Å². The highest BCUT2D eigenvalue weighted by Crippen LogP contribution is 2.05. The van der Waals surface area contributed by atoms with Crippen LogP contribution in [0.3, 0.4) is 0 Å². The second-order valence-corrected chi connectivity index (χ2v) is 5.60. The molecule has 126 valence electrons. The number of nitrogens with one attached hydrogen (secondary N) is 2. The predicted octanol–water partition coefficient (Wildman–Crippen LogP) is 1.56. The second-order valence-electron chi connectivity index (χ2n) is 5.60. The van der Waals surface area contributed by atoms with Gasteiger partial charge in [-0.3, -0.25) is 9.59 Å². The van der Waals surface area contributed by atoms with Crippen molar-refractivity contribution in [1.82, 2.24) is 10.6 Å². The summed E-state index contributed by atoms with van der Waals surface area (Å²) in [5.41, 5.74) is 0.287. The van der Waals surface area contributed by atoms with E-state index >= 15 is 0 Å². The Labute approximate surface area is 134 Å². The zero-order valence-electron chi connectivity index (χ0n) is 13.1. The van der Waals surface area contributed by atoms with Crippen LogP contribution >= 0.6 is 0 Å². The summed E-state index contributed by atoms with van der Waals surface area (Å²) in [6, 6.07) is 4.09. The number of halogens is 1. The van der Waals surface area contributed by atoms with Crippen LogP contribution in [0, 0.1) is 11.7 Å². The average molecular weight is 324 g/mol. The summed E-state index contributed by atoms with van der Waals surface area (Å²) in [7, 11) is 0. The number of rotatable bonds is 8. The normalized spacial score (nSPS) is 11.8. The highest BCUT2D eigenvalue weighted by molar-refractivity contribution is 5.94. The van der Waals surface area contributed by atoms with Gasteiger partial charge in [-0.1, -0.05) is 13.8 Å². The maximum Gasteiger partial charge on any atom is 0.326 e. The fourth-order valence-corrected chi connectivity index (χ4v) is 1.95. The molecule has 1 aromatic carbocycles. The molecule has 0 fully saturated rings. The van der Waals surface area contributed by atoms with Crippen LogP contribution in [0.5, 0.6) is 0 Å². The van der Waals surface area contributed by atoms with Crippen molar-refractivity contribution in [3.05, 3.63) is 35.6 Å². The number of benzene rings is 1. The van der Waals surface area contributed by atoms with E-state index in [9.17, 15) is 18.8 Å². The Hall–Kier alpha value is -2.44. The number of carbonyl (C=O) groups is 3. The lowest BCUT2D eigenvalue weighted by molar-refractivity contribution is -0.142. The van der Waals surface area contributed by atoms with Gasteiger partial charge in [0.15, 0.2) is 0 Å². The van der Waals surface area contributed by atoms with Crippen LogP contribution in [0.1, 0.15) is 37.0 Å². The average Bonchev–Trinajstić information content (AvgIpc) is 2.46. The van der Waals surface area contributed by atoms with Gasteiger partial charge in [-0.2, -0.15) is 0 Å². The van der Waals surface area contributed by atoms with Crippen molar-refractivity contribution in [2.45, 2.75) is 32.7 Å². The third kappa shape index (κ3) is 6.90. The number of hydrogen-bond donors (Lipinski definition) is 3. The van der Waals surface area contributed by atoms with E-state index in [1.54, 1.807) is 0 Å². The molecule has 0 saturated carbocycles. The minimum Gasteiger partial charge on any atom is -0.480 e. The summed E-state index contributed by atoms with van der Waals surface area (Å²) >= 11 is 0. The maximum absolute atomic E-state index is 12.8. The number of carboxylic acids is 1. The van der Waals surface area contributed by atoms with E-state index in [1.165, 1.54) is 24.3 Å². The first-order chi connectivity index (χ1) is 10.8. The molecule has 0 radical (unpaired) electrons. The molecule has 0 aliphatic carbocycles. The highest BCUT2D eigenvalue weighted by Gasteiger charge is 2.20. The SMILES string of the molecule is CC(C)C[C@H](NC(=O)CCNC(=O)c1ccc(F)cc1)C(=O)O. The van der Waals surface area contributed by atoms with Crippen LogP contribution in [0.2, 0.25) is 0 Å². The number of hydrogen-bond acceptors (Lipinski definition) is 3. The number of carboxylic acid groups (broad SMARTS) is 1. The van der Waals surface area contributed by atoms with Crippen LogP contribution in [0.15, 0.2) is 24.3 Å². The molecular formula is C16H21FN2O4. The molecule has 7 heteroatoms. The molecule has 0 aliphatic rings. The summed E-state index contributed by atoms with van der Waals surface area (Å²) in [6.07, 6.45) is 0.303. The van der Waals surface area contributed by atoms with Gasteiger partial charge in [-0.25, -0.2) is 9.18 Å². The van der Waals surface area contributed by atoms with Crippen LogP contribution in [-0.2, 0) is 9.59 Å². The molecule has 3 N–H and O–H groups in total. The van der Waals surface area contributed by atoms with E-state index in [0.717, 1.165) is 0 Å². The molecule has 1 atom stereocenters. The van der Waals surface area contributed by atoms with Crippen molar-refractivity contribution in [2.24, 2.45) is 5.92 Å². The lowest BCUT2D eigenvalue weighted by atomic mass is 10.0. The Balaban J connectivity index is 2.39. The number of aliphatic carboxylic acids is 1. The first-order valence-corrected chi connectivity index (χ1v) is 7.35. The molecule has 0 aromatic heterocycles. The second kappa shape index (κ2) is 8.87. The van der Waals surface area contributed by atoms with Crippen molar-refractivity contribution < 1.29 is 23.9 Å². The van der Waals surface area contributed by atoms with Crippen LogP contribution in [0.4, 0.5) is 4.39 Å². The minimum atomic E-state index is -1.08. The molecule has 0 saturated heterocycles. The van der Waals surface area contributed by atoms with E-state index in [4.69, 9.17) is 5.11 Å². The van der Waals surface area contributed by atoms with E-state index < -0.39 is 29.6 Å². The molecule has 0 aliphatic heterocycles. The third-order valence-corrected chi connectivity index (χ3v) is 3.08. The molecule has 1 rings (SSSR count). The summed E-state index contributed by atoms with van der Waals surface area (Å²) < 4.78 is 12.8. The topological polar surface area (TPSA) is 95.5 Å². The largest absolute Gasteiger partial charge is 0.480 e. The summed E-state index contributed by atoms with van der Waals surface area (Å²) in [6.45, 7) is 3.80. The molecule has 1 aromatic rings. The molecule has 0 unspecified atom stereocenters. The highest BCUT2D eigenvalue weighted by atomic mass is 19.1. The molecule has 2 amide bonds. The van der Waals surface area contributed by atoms with Crippen molar-refractivity contribution in [3.8, 4) is 0 Å². The van der Waals surface area contributed by atoms with Gasteiger partial charge in [0, 0.05) is 18.5 Å². The number of carbonyl (C=O) groups excluding carboxylic acids is 2. The molecule has 0 bridgehead atoms. The predicted molar refractivity (Wildman–Crippen MR) is 82.4 cm³/mol. The van der Waals surface area contributed by atoms with E-state index in [-0.39, 0.29) is 24.4 Å². The van der Waals surface area contributed by atoms with Gasteiger partial charge in [0.2, 0.25) is 5.91 Å². The Morgan fingerprint density at radius 1 is 1.17 bits per heavy atom. The van der Waals surface area contributed by atoms with Gasteiger partial charge < -0.3 is 15.7 Å². The zero-order valence-corrected chi connectivity index (χ0v) is 13.1. The van der Waals surface area contributed by atoms with Crippen molar-refractivity contribution in [2.75, 3.05) is 6.54 Å². The first-order valence-electron chi connectivity index (χ1n) is 7.35. The minimum absolute atomic E-state index is 0.0329. The van der Waals surface area contributed by atoms with E-state index in [1.807, 2.05) is 13.8 Å². The molecule has 6 nitrogen and oxygen atoms in total. The van der Waals surface area contributed by atoms with Crippen LogP contribution in [0.25, 0.3) is 0 Å². The van der Waals surface area contributed by atoms with Crippen molar-refractivity contribution in [3.63, 3.8) is 0 Å². The smallest absolute Gasteiger partial charge is 0.326 e. The number of amides is 2. The third-order valence-electron chi connectivity index (χ3n) is 3.08. The summed E-state index contributed by atoms with van der Waals surface area (Å²) in [4.78, 5) is 34.5. The molecule has 0 heterocycles. The van der Waals surface area contributed by atoms with Gasteiger partial charge >= 0.3 is 5.97 Å². The Morgan fingerprint density at radius 3 is 2.30 bits per heavy atom. The summed E-state index contributed by atoms with van der Waals surface area (Å²) in [5, 5.41) is 14.0. The van der Waals surface area contributed by atoms with Gasteiger partial charge in [0.05, 0.1) is 0 Å². The lowest BCUT2D eigenvalue weighted by Crippen LogP contribution is -2.42. The maximum atomic E-state index is 12.8. The van der Waals surface area contributed by atoms with Crippen molar-refractivity contribution >= 4 is 17.8 Å². The van der Waals surface area contributed by atoms with Crippen LogP contribution < -0.4 is 10.6 Å². The molecule has 23 heavy (non-hydrogen) atoms. The van der Waals surface area contributed by atoms with Gasteiger partial charge in [-0.15, -0.1) is 0 Å². The fourth-order valence-electron chi connectivity index (χ4n) is 1.95. The van der Waals surface area contributed by atoms with Crippen molar-refractivity contribution in [1.29, 1.82) is 0 Å². The standard InChI is InChI=1S/C16H21FN2O4/c1-10(2)9-13(16(22)23)19-14(20)7-8-18-15(21)11-3-5-12(17)6-4-11/h3-6,10,13H,7-9H2,1-2H3,(H,18,21)(H,19,20)(H,22,23)/t13-/m0/s1. The Kier molecular flexibility index (Phi) is 7.18. The van der Waals surface area contributed by atoms with E-state index in [0.29, 0.717) is 6.42 Å². The summed E-state index contributed by atoms with van der Waals surface area (Å²) in [5.74, 6) is -2.25. The molecule has 0 spiro atoms. The Bertz CT molecular complexity index is 558. The monoisotopic (exact) mass is 324 g/mol. The Morgan fingerprint density at radius 2 is 1.78 bits per heavy atom. The van der Waals surface area contributed by atoms with Gasteiger partial charge in [0.25, 0.3) is 5.91 Å². The quantitative estimate of drug-likeness (QED) is 0.676. The molecular weight excluding hydrogens is 303 g/mol. The first kappa shape index (κ1) is 18.6.